The molecule has 0 spiro atoms. The van der Waals surface area contributed by atoms with Crippen LogP contribution in [-0.4, -0.2) is 37.1 Å². The van der Waals surface area contributed by atoms with Crippen LogP contribution in [0.15, 0.2) is 24.1 Å². The van der Waals surface area contributed by atoms with Gasteiger partial charge in [-0.3, -0.25) is 0 Å². The van der Waals surface area contributed by atoms with E-state index in [0.29, 0.717) is 5.76 Å². The normalized spacial score (nSPS) is 27.2. The molecule has 0 amide bonds. The van der Waals surface area contributed by atoms with Gasteiger partial charge in [-0.1, -0.05) is 0 Å². The van der Waals surface area contributed by atoms with Gasteiger partial charge in [-0.25, -0.2) is 4.55 Å². The van der Waals surface area contributed by atoms with Crippen molar-refractivity contribution >= 4 is 10.3 Å². The van der Waals surface area contributed by atoms with E-state index in [2.05, 4.69) is 0 Å². The fourth-order valence-corrected chi connectivity index (χ4v) is 2.11. The molecule has 0 aromatic rings. The van der Waals surface area contributed by atoms with E-state index < -0.39 is 14.2 Å². The van der Waals surface area contributed by atoms with Crippen molar-refractivity contribution in [1.29, 1.82) is 0 Å². The maximum atomic E-state index is 11.1. The maximum absolute atomic E-state index is 11.1. The third-order valence-electron chi connectivity index (χ3n) is 2.34. The van der Waals surface area contributed by atoms with Gasteiger partial charge in [0.15, 0.2) is 0 Å². The summed E-state index contributed by atoms with van der Waals surface area (Å²) in [6.45, 7) is 2.17. The summed E-state index contributed by atoms with van der Waals surface area (Å²) in [4.78, 5) is 0. The standard InChI is InChI=1S/C8H13NO4S/c1-3-9(14(10,11)12)6-4-8(13-2)5-7-9/h4-6H,3,7H2,1-2H3/p+1. The minimum Gasteiger partial charge on any atom is -0.497 e. The second-order valence-corrected chi connectivity index (χ2v) is 4.65. The Morgan fingerprint density at radius 1 is 1.64 bits per heavy atom. The molecular formula is C8H14NO4S+. The highest BCUT2D eigenvalue weighted by Gasteiger charge is 2.38. The van der Waals surface area contributed by atoms with E-state index in [0.717, 1.165) is 0 Å². The SMILES string of the molecule is CC[N+]1(S(=O)(=O)O)C=CC(OC)=CC1. The molecule has 1 aliphatic rings. The molecule has 1 rings (SSSR count). The molecule has 1 aliphatic heterocycles. The van der Waals surface area contributed by atoms with Crippen molar-refractivity contribution in [3.05, 3.63) is 24.1 Å². The van der Waals surface area contributed by atoms with E-state index in [-0.39, 0.29) is 13.1 Å². The van der Waals surface area contributed by atoms with E-state index in [1.54, 1.807) is 19.1 Å². The molecule has 0 aliphatic carbocycles. The van der Waals surface area contributed by atoms with Crippen LogP contribution in [0.4, 0.5) is 0 Å². The Morgan fingerprint density at radius 3 is 2.57 bits per heavy atom. The first-order valence-electron chi connectivity index (χ1n) is 4.23. The Hall–Kier alpha value is -0.850. The van der Waals surface area contributed by atoms with Crippen molar-refractivity contribution in [2.45, 2.75) is 6.92 Å². The van der Waals surface area contributed by atoms with Crippen LogP contribution in [0.1, 0.15) is 6.92 Å². The van der Waals surface area contributed by atoms with Gasteiger partial charge in [0.1, 0.15) is 18.5 Å². The molecule has 0 radical (unpaired) electrons. The van der Waals surface area contributed by atoms with E-state index in [1.807, 2.05) is 0 Å². The van der Waals surface area contributed by atoms with E-state index in [1.165, 1.54) is 13.3 Å². The number of rotatable bonds is 3. The smallest absolute Gasteiger partial charge is 0.437 e. The second kappa shape index (κ2) is 3.72. The van der Waals surface area contributed by atoms with Crippen LogP contribution >= 0.6 is 0 Å². The molecule has 1 unspecified atom stereocenters. The van der Waals surface area contributed by atoms with Gasteiger partial charge in [0.25, 0.3) is 0 Å². The number of allylic oxidation sites excluding steroid dienone is 1. The van der Waals surface area contributed by atoms with Crippen LogP contribution < -0.4 is 0 Å². The molecule has 0 aromatic heterocycles. The Labute approximate surface area is 83.8 Å². The Morgan fingerprint density at radius 2 is 2.29 bits per heavy atom. The summed E-state index contributed by atoms with van der Waals surface area (Å²) in [5.41, 5.74) is 0. The van der Waals surface area contributed by atoms with E-state index in [4.69, 9.17) is 9.29 Å². The summed E-state index contributed by atoms with van der Waals surface area (Å²) in [7, 11) is -2.61. The highest BCUT2D eigenvalue weighted by Crippen LogP contribution is 2.20. The first-order valence-corrected chi connectivity index (χ1v) is 5.62. The van der Waals surface area contributed by atoms with Crippen LogP contribution in [0.3, 0.4) is 0 Å². The molecule has 0 fully saturated rings. The number of methoxy groups -OCH3 is 1. The lowest BCUT2D eigenvalue weighted by Crippen LogP contribution is -2.48. The predicted octanol–water partition coefficient (Wildman–Crippen LogP) is 0.684. The number of quaternary nitrogens is 1. The van der Waals surface area contributed by atoms with Crippen LogP contribution in [0.5, 0.6) is 0 Å². The molecule has 1 atom stereocenters. The summed E-state index contributed by atoms with van der Waals surface area (Å²) < 4.78 is 35.8. The summed E-state index contributed by atoms with van der Waals surface area (Å²) in [6.07, 6.45) is 4.60. The zero-order chi connectivity index (χ0) is 10.8. The molecule has 14 heavy (non-hydrogen) atoms. The van der Waals surface area contributed by atoms with E-state index in [9.17, 15) is 8.42 Å². The fraction of sp³-hybridized carbons (Fsp3) is 0.500. The van der Waals surface area contributed by atoms with Gasteiger partial charge in [0.05, 0.1) is 13.7 Å². The zero-order valence-electron chi connectivity index (χ0n) is 8.17. The summed E-state index contributed by atoms with van der Waals surface area (Å²) in [6, 6.07) is 0. The zero-order valence-corrected chi connectivity index (χ0v) is 8.99. The topological polar surface area (TPSA) is 63.6 Å². The van der Waals surface area contributed by atoms with Crippen molar-refractivity contribution in [3.8, 4) is 0 Å². The van der Waals surface area contributed by atoms with Gasteiger partial charge in [-0.05, 0) is 6.92 Å². The maximum Gasteiger partial charge on any atom is 0.437 e. The summed E-state index contributed by atoms with van der Waals surface area (Å²) >= 11 is 0. The molecule has 5 nitrogen and oxygen atoms in total. The number of hydrogen-bond donors (Lipinski definition) is 1. The quantitative estimate of drug-likeness (QED) is 0.561. The molecule has 0 bridgehead atoms. The summed E-state index contributed by atoms with van der Waals surface area (Å²) in [5, 5.41) is 0. The largest absolute Gasteiger partial charge is 0.497 e. The third kappa shape index (κ3) is 1.82. The molecule has 80 valence electrons. The molecule has 0 aromatic carbocycles. The van der Waals surface area contributed by atoms with Gasteiger partial charge < -0.3 is 4.74 Å². The predicted molar refractivity (Wildman–Crippen MR) is 51.4 cm³/mol. The number of hydrogen-bond acceptors (Lipinski definition) is 3. The number of ether oxygens (including phenoxy) is 1. The lowest BCUT2D eigenvalue weighted by atomic mass is 10.3. The van der Waals surface area contributed by atoms with Crippen LogP contribution in [0.2, 0.25) is 0 Å². The lowest BCUT2D eigenvalue weighted by molar-refractivity contribution is -0.748. The van der Waals surface area contributed by atoms with Gasteiger partial charge in [-0.2, -0.15) is 3.89 Å². The van der Waals surface area contributed by atoms with Gasteiger partial charge >= 0.3 is 10.3 Å². The van der Waals surface area contributed by atoms with Crippen molar-refractivity contribution in [3.63, 3.8) is 0 Å². The van der Waals surface area contributed by atoms with Crippen molar-refractivity contribution in [2.24, 2.45) is 0 Å². The average Bonchev–Trinajstić information content (AvgIpc) is 2.16. The Balaban J connectivity index is 3.02. The molecule has 1 N–H and O–H groups in total. The molecule has 6 heteroatoms. The van der Waals surface area contributed by atoms with Gasteiger partial charge in [-0.15, -0.1) is 8.42 Å². The highest BCUT2D eigenvalue weighted by atomic mass is 32.2. The first kappa shape index (κ1) is 11.2. The van der Waals surface area contributed by atoms with Crippen molar-refractivity contribution in [2.75, 3.05) is 20.2 Å². The third-order valence-corrected chi connectivity index (χ3v) is 3.79. The minimum absolute atomic E-state index is 0.189. The monoisotopic (exact) mass is 220 g/mol. The Bertz CT molecular complexity index is 371. The highest BCUT2D eigenvalue weighted by molar-refractivity contribution is 7.80. The molecule has 1 heterocycles. The first-order chi connectivity index (χ1) is 6.45. The number of likely N-dealkylation sites (N-methyl/N-ethyl adjacent to an activating group) is 1. The molecule has 0 saturated heterocycles. The van der Waals surface area contributed by atoms with Crippen molar-refractivity contribution in [1.82, 2.24) is 0 Å². The summed E-state index contributed by atoms with van der Waals surface area (Å²) in [5.74, 6) is 0.607. The Kier molecular flexibility index (Phi) is 2.98. The van der Waals surface area contributed by atoms with Crippen LogP contribution in [-0.2, 0) is 15.0 Å². The minimum atomic E-state index is -4.12. The lowest BCUT2D eigenvalue weighted by Gasteiger charge is -2.29. The van der Waals surface area contributed by atoms with Crippen molar-refractivity contribution < 1.29 is 21.6 Å². The average molecular weight is 220 g/mol. The van der Waals surface area contributed by atoms with E-state index >= 15 is 0 Å². The van der Waals surface area contributed by atoms with Crippen LogP contribution in [0.25, 0.3) is 0 Å². The van der Waals surface area contributed by atoms with Gasteiger partial charge in [0, 0.05) is 12.2 Å². The number of nitrogens with zero attached hydrogens (tertiary/aromatic N) is 1. The molecular weight excluding hydrogens is 206 g/mol. The fourth-order valence-electron chi connectivity index (χ4n) is 1.30. The van der Waals surface area contributed by atoms with Gasteiger partial charge in [0.2, 0.25) is 0 Å². The molecule has 0 saturated carbocycles. The van der Waals surface area contributed by atoms with Crippen LogP contribution in [0, 0.1) is 0 Å². The second-order valence-electron chi connectivity index (χ2n) is 3.03.